The second-order valence-corrected chi connectivity index (χ2v) is 15.6. The number of hydrogen-bond donors (Lipinski definition) is 4. The molecule has 0 spiro atoms. The van der Waals surface area contributed by atoms with Crippen LogP contribution in [0.5, 0.6) is 0 Å². The first-order valence-electron chi connectivity index (χ1n) is 19.8. The molecule has 4 aliphatic rings. The van der Waals surface area contributed by atoms with Gasteiger partial charge in [-0.3, -0.25) is 9.59 Å². The van der Waals surface area contributed by atoms with Crippen LogP contribution in [-0.4, -0.2) is 93.1 Å². The number of hydrogen-bond acceptors (Lipinski definition) is 9. The van der Waals surface area contributed by atoms with Gasteiger partial charge < -0.3 is 44.3 Å². The lowest BCUT2D eigenvalue weighted by Gasteiger charge is -2.28. The van der Waals surface area contributed by atoms with Gasteiger partial charge in [0.1, 0.15) is 35.1 Å². The number of aromatic amines is 2. The molecule has 0 radical (unpaired) electrons. The predicted octanol–water partition coefficient (Wildman–Crippen LogP) is 6.48. The molecule has 4 atom stereocenters. The van der Waals surface area contributed by atoms with E-state index in [0.717, 1.165) is 108 Å². The van der Waals surface area contributed by atoms with E-state index in [1.807, 2.05) is 52.3 Å². The van der Waals surface area contributed by atoms with E-state index >= 15 is 0 Å². The SMILES string of the molecule is COC(=O)NC(C(=O)N1CCC[C@@H]1c1ncc(-c2ccc3oc(-c4ccc(-c5cnc([C@H]6CCCN6C(=O)[C@@H](NC(=O)OC)C6CC6)[nH]5)cc4)cc3c2)[nH]1)C1CC1. The Labute approximate surface area is 328 Å². The molecule has 2 saturated carbocycles. The van der Waals surface area contributed by atoms with Crippen LogP contribution in [0.2, 0.25) is 0 Å². The average molecular weight is 775 g/mol. The Kier molecular flexibility index (Phi) is 9.66. The Morgan fingerprint density at radius 1 is 0.684 bits per heavy atom. The van der Waals surface area contributed by atoms with Crippen molar-refractivity contribution in [1.29, 1.82) is 0 Å². The van der Waals surface area contributed by atoms with Crippen molar-refractivity contribution in [2.45, 2.75) is 75.5 Å². The van der Waals surface area contributed by atoms with Crippen LogP contribution in [0.1, 0.15) is 75.1 Å². The molecule has 1 unspecified atom stereocenters. The van der Waals surface area contributed by atoms with Crippen molar-refractivity contribution < 1.29 is 33.1 Å². The Morgan fingerprint density at radius 3 is 1.68 bits per heavy atom. The summed E-state index contributed by atoms with van der Waals surface area (Å²) in [4.78, 5) is 71.2. The van der Waals surface area contributed by atoms with Gasteiger partial charge in [0, 0.05) is 29.6 Å². The predicted molar refractivity (Wildman–Crippen MR) is 208 cm³/mol. The molecule has 3 aromatic heterocycles. The molecule has 15 heteroatoms. The third-order valence-electron chi connectivity index (χ3n) is 11.8. The number of alkyl carbamates (subject to hydrolysis) is 2. The molecule has 57 heavy (non-hydrogen) atoms. The van der Waals surface area contributed by atoms with Crippen LogP contribution in [0.4, 0.5) is 9.59 Å². The number of H-pyrrole nitrogens is 2. The van der Waals surface area contributed by atoms with E-state index in [4.69, 9.17) is 18.9 Å². The maximum atomic E-state index is 13.6. The molecule has 2 saturated heterocycles. The molecule has 4 fully saturated rings. The number of imidazole rings is 2. The lowest BCUT2D eigenvalue weighted by Crippen LogP contribution is -2.49. The van der Waals surface area contributed by atoms with Crippen molar-refractivity contribution >= 4 is 35.0 Å². The number of aromatic nitrogens is 4. The number of carbonyl (C=O) groups is 4. The van der Waals surface area contributed by atoms with Gasteiger partial charge >= 0.3 is 12.2 Å². The van der Waals surface area contributed by atoms with Crippen molar-refractivity contribution in [3.63, 3.8) is 0 Å². The summed E-state index contributed by atoms with van der Waals surface area (Å²) >= 11 is 0. The number of methoxy groups -OCH3 is 2. The van der Waals surface area contributed by atoms with E-state index in [2.05, 4.69) is 31.7 Å². The van der Waals surface area contributed by atoms with Gasteiger partial charge in [0.2, 0.25) is 11.8 Å². The number of ether oxygens (including phenoxy) is 2. The molecule has 5 aromatic rings. The zero-order valence-electron chi connectivity index (χ0n) is 32.0. The van der Waals surface area contributed by atoms with E-state index in [-0.39, 0.29) is 35.7 Å². The number of furan rings is 1. The third kappa shape index (κ3) is 7.33. The molecule has 2 aliphatic heterocycles. The first-order valence-corrected chi connectivity index (χ1v) is 19.8. The topological polar surface area (TPSA) is 188 Å². The molecular weight excluding hydrogens is 729 g/mol. The summed E-state index contributed by atoms with van der Waals surface area (Å²) in [5, 5.41) is 6.46. The normalized spacial score (nSPS) is 20.4. The molecule has 4 amide bonds. The number of rotatable bonds is 11. The van der Waals surface area contributed by atoms with Crippen LogP contribution in [0.15, 0.2) is 65.3 Å². The quantitative estimate of drug-likeness (QED) is 0.117. The largest absolute Gasteiger partial charge is 0.456 e. The molecule has 15 nitrogen and oxygen atoms in total. The minimum absolute atomic E-state index is 0.0850. The zero-order chi connectivity index (χ0) is 39.2. The Hall–Kier alpha value is -6.12. The van der Waals surface area contributed by atoms with E-state index in [1.165, 1.54) is 14.2 Å². The molecular formula is C42H46N8O7. The van der Waals surface area contributed by atoms with Gasteiger partial charge in [0.25, 0.3) is 0 Å². The molecule has 2 aliphatic carbocycles. The lowest BCUT2D eigenvalue weighted by atomic mass is 10.1. The summed E-state index contributed by atoms with van der Waals surface area (Å²) in [7, 11) is 2.61. The standard InChI is InChI=1S/C42H46N8O7/c1-55-41(53)47-35(25-11-12-25)39(51)49-17-3-5-31(49)37-43-21-29(45-37)23-7-9-24(10-8-23)34-20-28-19-27(15-16-33(28)57-34)30-22-44-38(46-30)32-6-4-18-50(32)40(52)36(26-13-14-26)48-42(54)56-2/h7-10,15-16,19-22,25-26,31-32,35-36H,3-6,11-14,17-18H2,1-2H3,(H,43,45)(H,44,46)(H,47,53)(H,48,54)/t31-,32-,35+,36?/m1/s1. The zero-order valence-corrected chi connectivity index (χ0v) is 32.0. The molecule has 0 bridgehead atoms. The molecule has 5 heterocycles. The third-order valence-corrected chi connectivity index (χ3v) is 11.8. The van der Waals surface area contributed by atoms with Gasteiger partial charge in [-0.1, -0.05) is 24.3 Å². The first-order chi connectivity index (χ1) is 27.8. The van der Waals surface area contributed by atoms with Gasteiger partial charge in [0.15, 0.2) is 0 Å². The highest BCUT2D eigenvalue weighted by molar-refractivity contribution is 5.89. The first kappa shape index (κ1) is 36.5. The smallest absolute Gasteiger partial charge is 0.407 e. The van der Waals surface area contributed by atoms with E-state index in [0.29, 0.717) is 13.1 Å². The van der Waals surface area contributed by atoms with E-state index in [9.17, 15) is 19.2 Å². The Bertz CT molecular complexity index is 2310. The van der Waals surface area contributed by atoms with E-state index in [1.54, 1.807) is 12.4 Å². The number of nitrogens with zero attached hydrogens (tertiary/aromatic N) is 4. The van der Waals surface area contributed by atoms with Gasteiger partial charge in [0.05, 0.1) is 50.1 Å². The van der Waals surface area contributed by atoms with Crippen molar-refractivity contribution in [1.82, 2.24) is 40.4 Å². The summed E-state index contributed by atoms with van der Waals surface area (Å²) in [6, 6.07) is 14.6. The Balaban J connectivity index is 0.873. The lowest BCUT2D eigenvalue weighted by molar-refractivity contribution is -0.135. The fourth-order valence-electron chi connectivity index (χ4n) is 8.45. The number of likely N-dealkylation sites (tertiary alicyclic amines) is 2. The van der Waals surface area contributed by atoms with Gasteiger partial charge in [-0.25, -0.2) is 19.6 Å². The maximum Gasteiger partial charge on any atom is 0.407 e. The highest BCUT2D eigenvalue weighted by Gasteiger charge is 2.44. The van der Waals surface area contributed by atoms with Gasteiger partial charge in [-0.2, -0.15) is 0 Å². The summed E-state index contributed by atoms with van der Waals surface area (Å²) in [6.07, 6.45) is 9.36. The number of benzene rings is 2. The monoisotopic (exact) mass is 774 g/mol. The van der Waals surface area contributed by atoms with Crippen LogP contribution < -0.4 is 10.6 Å². The number of amides is 4. The van der Waals surface area contributed by atoms with Crippen molar-refractivity contribution in [3.8, 4) is 33.8 Å². The van der Waals surface area contributed by atoms with Crippen molar-refractivity contribution in [2.24, 2.45) is 11.8 Å². The Morgan fingerprint density at radius 2 is 1.18 bits per heavy atom. The van der Waals surface area contributed by atoms with Crippen LogP contribution in [-0.2, 0) is 19.1 Å². The number of fused-ring (bicyclic) bond motifs is 1. The minimum Gasteiger partial charge on any atom is -0.456 e. The highest BCUT2D eigenvalue weighted by Crippen LogP contribution is 2.40. The molecule has 9 rings (SSSR count). The van der Waals surface area contributed by atoms with Crippen LogP contribution in [0.3, 0.4) is 0 Å². The fraction of sp³-hybridized carbons (Fsp3) is 0.429. The second-order valence-electron chi connectivity index (χ2n) is 15.6. The average Bonchev–Trinajstić information content (AvgIpc) is 3.82. The maximum absolute atomic E-state index is 13.6. The molecule has 2 aromatic carbocycles. The summed E-state index contributed by atoms with van der Waals surface area (Å²) < 4.78 is 15.9. The molecule has 4 N–H and O–H groups in total. The summed E-state index contributed by atoms with van der Waals surface area (Å²) in [5.41, 5.74) is 5.28. The second kappa shape index (κ2) is 15.1. The summed E-state index contributed by atoms with van der Waals surface area (Å²) in [6.45, 7) is 1.23. The van der Waals surface area contributed by atoms with Crippen LogP contribution >= 0.6 is 0 Å². The van der Waals surface area contributed by atoms with Crippen molar-refractivity contribution in [2.75, 3.05) is 27.3 Å². The van der Waals surface area contributed by atoms with Crippen molar-refractivity contribution in [3.05, 3.63) is 72.6 Å². The highest BCUT2D eigenvalue weighted by atomic mass is 16.5. The fourth-order valence-corrected chi connectivity index (χ4v) is 8.45. The number of nitrogens with one attached hydrogen (secondary N) is 4. The van der Waals surface area contributed by atoms with Gasteiger partial charge in [-0.15, -0.1) is 0 Å². The van der Waals surface area contributed by atoms with E-state index < -0.39 is 24.3 Å². The van der Waals surface area contributed by atoms with Crippen LogP contribution in [0, 0.1) is 11.8 Å². The molecule has 296 valence electrons. The summed E-state index contributed by atoms with van der Waals surface area (Å²) in [5.74, 6) is 2.30. The van der Waals surface area contributed by atoms with Crippen LogP contribution in [0.25, 0.3) is 44.8 Å². The minimum atomic E-state index is -0.590. The number of carbonyl (C=O) groups excluding carboxylic acids is 4. The van der Waals surface area contributed by atoms with Gasteiger partial charge in [-0.05, 0) is 93.0 Å².